The van der Waals surface area contributed by atoms with Gasteiger partial charge in [-0.1, -0.05) is 30.3 Å². The first-order valence-corrected chi connectivity index (χ1v) is 5.97. The summed E-state index contributed by atoms with van der Waals surface area (Å²) >= 11 is 0. The quantitative estimate of drug-likeness (QED) is 0.476. The molecule has 0 aliphatic rings. The molecule has 1 rings (SSSR count). The van der Waals surface area contributed by atoms with Gasteiger partial charge in [-0.2, -0.15) is 0 Å². The predicted molar refractivity (Wildman–Crippen MR) is 69.8 cm³/mol. The van der Waals surface area contributed by atoms with Crippen molar-refractivity contribution in [1.82, 2.24) is 5.06 Å². The summed E-state index contributed by atoms with van der Waals surface area (Å²) in [6.45, 7) is 5.31. The molecule has 0 fully saturated rings. The summed E-state index contributed by atoms with van der Waals surface area (Å²) in [6, 6.07) is 9.36. The van der Waals surface area contributed by atoms with Crippen LogP contribution >= 0.6 is 0 Å². The van der Waals surface area contributed by atoms with Crippen LogP contribution < -0.4 is 0 Å². The van der Waals surface area contributed by atoms with Crippen molar-refractivity contribution in [3.63, 3.8) is 0 Å². The predicted octanol–water partition coefficient (Wildman–Crippen LogP) is 1.92. The highest BCUT2D eigenvalue weighted by Gasteiger charge is 2.26. The van der Waals surface area contributed by atoms with Crippen molar-refractivity contribution in [2.45, 2.75) is 33.0 Å². The summed E-state index contributed by atoms with van der Waals surface area (Å²) in [4.78, 5) is 28.4. The molecule has 0 unspecified atom stereocenters. The molecule has 19 heavy (non-hydrogen) atoms. The number of esters is 1. The van der Waals surface area contributed by atoms with Crippen molar-refractivity contribution < 1.29 is 19.2 Å². The topological polar surface area (TPSA) is 55.8 Å². The van der Waals surface area contributed by atoms with Gasteiger partial charge in [0.25, 0.3) is 0 Å². The van der Waals surface area contributed by atoms with Crippen molar-refractivity contribution in [2.24, 2.45) is 0 Å². The molecule has 1 aromatic rings. The summed E-state index contributed by atoms with van der Waals surface area (Å²) in [5.74, 6) is -1.76. The normalized spacial score (nSPS) is 10.9. The van der Waals surface area contributed by atoms with Gasteiger partial charge in [0.15, 0.2) is 0 Å². The lowest BCUT2D eigenvalue weighted by Crippen LogP contribution is -2.38. The number of carbonyl (C=O) groups is 2. The number of hydrogen-bond acceptors (Lipinski definition) is 4. The van der Waals surface area contributed by atoms with E-state index in [4.69, 9.17) is 9.57 Å². The zero-order valence-electron chi connectivity index (χ0n) is 11.7. The van der Waals surface area contributed by atoms with Crippen molar-refractivity contribution in [1.29, 1.82) is 0 Å². The highest BCUT2D eigenvalue weighted by molar-refractivity contribution is 6.32. The second kappa shape index (κ2) is 6.33. The molecule has 0 heterocycles. The molecule has 0 N–H and O–H groups in total. The van der Waals surface area contributed by atoms with Gasteiger partial charge in [0, 0.05) is 7.05 Å². The smallest absolute Gasteiger partial charge is 0.399 e. The average molecular weight is 265 g/mol. The van der Waals surface area contributed by atoms with Gasteiger partial charge in [-0.3, -0.25) is 9.63 Å². The Morgan fingerprint density at radius 3 is 2.26 bits per heavy atom. The Morgan fingerprint density at radius 2 is 1.74 bits per heavy atom. The first-order valence-electron chi connectivity index (χ1n) is 5.97. The van der Waals surface area contributed by atoms with Crippen LogP contribution in [0.5, 0.6) is 0 Å². The van der Waals surface area contributed by atoms with Gasteiger partial charge in [-0.25, -0.2) is 9.86 Å². The molecular weight excluding hydrogens is 246 g/mol. The molecule has 104 valence electrons. The van der Waals surface area contributed by atoms with E-state index in [1.54, 1.807) is 20.8 Å². The van der Waals surface area contributed by atoms with Crippen molar-refractivity contribution >= 4 is 11.9 Å². The highest BCUT2D eigenvalue weighted by Crippen LogP contribution is 2.08. The lowest BCUT2D eigenvalue weighted by molar-refractivity contribution is -0.196. The number of likely N-dealkylation sites (N-methyl/N-ethyl adjacent to an activating group) is 1. The largest absolute Gasteiger partial charge is 0.453 e. The fraction of sp³-hybridized carbons (Fsp3) is 0.429. The lowest BCUT2D eigenvalue weighted by Gasteiger charge is -2.21. The van der Waals surface area contributed by atoms with E-state index >= 15 is 0 Å². The van der Waals surface area contributed by atoms with Gasteiger partial charge in [-0.05, 0) is 26.3 Å². The van der Waals surface area contributed by atoms with E-state index in [1.807, 2.05) is 30.3 Å². The lowest BCUT2D eigenvalue weighted by atomic mass is 10.2. The van der Waals surface area contributed by atoms with Crippen molar-refractivity contribution in [3.8, 4) is 0 Å². The number of carbonyl (C=O) groups excluding carboxylic acids is 2. The van der Waals surface area contributed by atoms with Crippen molar-refractivity contribution in [2.75, 3.05) is 7.05 Å². The molecular formula is C14H19NO4. The van der Waals surface area contributed by atoms with Crippen LogP contribution in [-0.2, 0) is 25.8 Å². The fourth-order valence-corrected chi connectivity index (χ4v) is 1.25. The minimum atomic E-state index is -0.928. The summed E-state index contributed by atoms with van der Waals surface area (Å²) in [5.41, 5.74) is 0.207. The molecule has 5 nitrogen and oxygen atoms in total. The minimum absolute atomic E-state index is 0.214. The SMILES string of the molecule is CN(OCc1ccccc1)C(=O)C(=O)OC(C)(C)C. The average Bonchev–Trinajstić information content (AvgIpc) is 2.34. The Kier molecular flexibility index (Phi) is 5.06. The van der Waals surface area contributed by atoms with E-state index < -0.39 is 17.5 Å². The standard InChI is InChI=1S/C14H19NO4/c1-14(2,3)19-13(17)12(16)15(4)18-10-11-8-6-5-7-9-11/h5-9H,10H2,1-4H3. The van der Waals surface area contributed by atoms with Crippen LogP contribution in [0.2, 0.25) is 0 Å². The molecule has 1 aromatic carbocycles. The number of nitrogens with zero attached hydrogens (tertiary/aromatic N) is 1. The molecule has 0 aliphatic heterocycles. The molecule has 0 bridgehead atoms. The summed E-state index contributed by atoms with van der Waals surface area (Å²) in [6.07, 6.45) is 0. The van der Waals surface area contributed by atoms with Gasteiger partial charge in [0.2, 0.25) is 0 Å². The number of hydrogen-bond donors (Lipinski definition) is 0. The minimum Gasteiger partial charge on any atom is -0.453 e. The van der Waals surface area contributed by atoms with Gasteiger partial charge in [-0.15, -0.1) is 0 Å². The van der Waals surface area contributed by atoms with E-state index in [2.05, 4.69) is 0 Å². The first-order chi connectivity index (χ1) is 8.79. The van der Waals surface area contributed by atoms with E-state index in [9.17, 15) is 9.59 Å². The molecule has 0 saturated heterocycles. The van der Waals surface area contributed by atoms with Crippen LogP contribution in [-0.4, -0.2) is 29.6 Å². The summed E-state index contributed by atoms with van der Waals surface area (Å²) < 4.78 is 4.96. The zero-order valence-corrected chi connectivity index (χ0v) is 11.7. The molecule has 0 atom stereocenters. The fourth-order valence-electron chi connectivity index (χ4n) is 1.25. The molecule has 0 aromatic heterocycles. The molecule has 0 spiro atoms. The highest BCUT2D eigenvalue weighted by atomic mass is 16.7. The molecule has 5 heteroatoms. The number of ether oxygens (including phenoxy) is 1. The number of rotatable bonds is 3. The second-order valence-corrected chi connectivity index (χ2v) is 5.06. The van der Waals surface area contributed by atoms with Crippen LogP contribution in [0.25, 0.3) is 0 Å². The Hall–Kier alpha value is -1.88. The molecule has 0 radical (unpaired) electrons. The Bertz CT molecular complexity index is 437. The third-order valence-corrected chi connectivity index (χ3v) is 2.13. The maximum absolute atomic E-state index is 11.7. The molecule has 0 saturated carbocycles. The van der Waals surface area contributed by atoms with E-state index in [-0.39, 0.29) is 6.61 Å². The van der Waals surface area contributed by atoms with Crippen LogP contribution in [0.4, 0.5) is 0 Å². The first kappa shape index (κ1) is 15.2. The molecule has 1 amide bonds. The summed E-state index contributed by atoms with van der Waals surface area (Å²) in [5, 5.41) is 0.890. The van der Waals surface area contributed by atoms with E-state index in [1.165, 1.54) is 7.05 Å². The monoisotopic (exact) mass is 265 g/mol. The van der Waals surface area contributed by atoms with Crippen LogP contribution in [0.15, 0.2) is 30.3 Å². The van der Waals surface area contributed by atoms with E-state index in [0.717, 1.165) is 10.6 Å². The van der Waals surface area contributed by atoms with E-state index in [0.29, 0.717) is 0 Å². The third-order valence-electron chi connectivity index (χ3n) is 2.13. The van der Waals surface area contributed by atoms with Gasteiger partial charge in [0.1, 0.15) is 12.2 Å². The Labute approximate surface area is 113 Å². The van der Waals surface area contributed by atoms with Crippen LogP contribution in [0.3, 0.4) is 0 Å². The maximum atomic E-state index is 11.7. The Balaban J connectivity index is 2.47. The second-order valence-electron chi connectivity index (χ2n) is 5.06. The van der Waals surface area contributed by atoms with Crippen LogP contribution in [0.1, 0.15) is 26.3 Å². The molecule has 0 aliphatic carbocycles. The number of benzene rings is 1. The Morgan fingerprint density at radius 1 is 1.16 bits per heavy atom. The summed E-state index contributed by atoms with van der Waals surface area (Å²) in [7, 11) is 1.38. The van der Waals surface area contributed by atoms with Gasteiger partial charge >= 0.3 is 11.9 Å². The van der Waals surface area contributed by atoms with Crippen LogP contribution in [0, 0.1) is 0 Å². The van der Waals surface area contributed by atoms with Gasteiger partial charge < -0.3 is 4.74 Å². The zero-order chi connectivity index (χ0) is 14.5. The maximum Gasteiger partial charge on any atom is 0.399 e. The third kappa shape index (κ3) is 5.52. The van der Waals surface area contributed by atoms with Gasteiger partial charge in [0.05, 0.1) is 0 Å². The number of hydroxylamine groups is 2. The van der Waals surface area contributed by atoms with Crippen molar-refractivity contribution in [3.05, 3.63) is 35.9 Å². The number of amides is 1.